The average molecular weight is 289 g/mol. The minimum absolute atomic E-state index is 0.0203. The fourth-order valence-corrected chi connectivity index (χ4v) is 2.02. The summed E-state index contributed by atoms with van der Waals surface area (Å²) in [6.45, 7) is 1.82. The van der Waals surface area contributed by atoms with E-state index in [-0.39, 0.29) is 11.5 Å². The van der Waals surface area contributed by atoms with Crippen LogP contribution >= 0.6 is 10.7 Å². The summed E-state index contributed by atoms with van der Waals surface area (Å²) in [6.07, 6.45) is 0. The molecule has 0 spiro atoms. The van der Waals surface area contributed by atoms with E-state index < -0.39 is 9.05 Å². The van der Waals surface area contributed by atoms with E-state index in [1.165, 1.54) is 24.3 Å². The topological polar surface area (TPSA) is 82.3 Å². The second-order valence-corrected chi connectivity index (χ2v) is 5.99. The molecule has 0 saturated carbocycles. The molecule has 0 unspecified atom stereocenters. The first-order valence-electron chi connectivity index (χ1n) is 4.92. The van der Waals surface area contributed by atoms with Crippen molar-refractivity contribution in [3.8, 4) is 5.75 Å². The number of hydrogen-bond acceptors (Lipinski definition) is 6. The lowest BCUT2D eigenvalue weighted by Gasteiger charge is -2.03. The van der Waals surface area contributed by atoms with E-state index in [4.69, 9.17) is 19.9 Å². The van der Waals surface area contributed by atoms with Gasteiger partial charge in [0.1, 0.15) is 5.75 Å². The first kappa shape index (κ1) is 12.8. The summed E-state index contributed by atoms with van der Waals surface area (Å²) >= 11 is 0. The summed E-state index contributed by atoms with van der Waals surface area (Å²) < 4.78 is 32.2. The Labute approximate surface area is 108 Å². The molecule has 0 radical (unpaired) electrons. The molecule has 2 rings (SSSR count). The minimum Gasteiger partial charge on any atom is -0.485 e. The number of benzene rings is 1. The number of nitrogens with zero attached hydrogens (tertiary/aromatic N) is 2. The molecule has 0 aliphatic carbocycles. The van der Waals surface area contributed by atoms with Crippen LogP contribution < -0.4 is 4.74 Å². The van der Waals surface area contributed by atoms with E-state index in [0.29, 0.717) is 17.5 Å². The highest BCUT2D eigenvalue weighted by atomic mass is 35.7. The lowest BCUT2D eigenvalue weighted by molar-refractivity contribution is 0.285. The number of rotatable bonds is 4. The molecule has 0 bridgehead atoms. The van der Waals surface area contributed by atoms with E-state index in [1.807, 2.05) is 0 Å². The molecule has 0 fully saturated rings. The number of halogens is 1. The van der Waals surface area contributed by atoms with Gasteiger partial charge < -0.3 is 9.26 Å². The predicted molar refractivity (Wildman–Crippen MR) is 62.8 cm³/mol. The Morgan fingerprint density at radius 3 is 2.50 bits per heavy atom. The van der Waals surface area contributed by atoms with E-state index in [0.717, 1.165) is 0 Å². The summed E-state index contributed by atoms with van der Waals surface area (Å²) in [4.78, 5) is 3.98. The molecule has 8 heteroatoms. The van der Waals surface area contributed by atoms with Gasteiger partial charge in [0.2, 0.25) is 11.7 Å². The second kappa shape index (κ2) is 4.95. The molecule has 0 aliphatic rings. The van der Waals surface area contributed by atoms with Crippen molar-refractivity contribution in [1.82, 2.24) is 10.1 Å². The van der Waals surface area contributed by atoms with Crippen LogP contribution in [-0.4, -0.2) is 18.6 Å². The van der Waals surface area contributed by atoms with Crippen molar-refractivity contribution < 1.29 is 17.7 Å². The largest absolute Gasteiger partial charge is 0.485 e. The van der Waals surface area contributed by atoms with Crippen LogP contribution in [-0.2, 0) is 15.7 Å². The lowest BCUT2D eigenvalue weighted by Crippen LogP contribution is -1.98. The molecular formula is C10H9ClN2O4S. The Hall–Kier alpha value is -1.60. The van der Waals surface area contributed by atoms with Crippen molar-refractivity contribution in [3.63, 3.8) is 0 Å². The van der Waals surface area contributed by atoms with Crippen molar-refractivity contribution in [2.75, 3.05) is 0 Å². The van der Waals surface area contributed by atoms with Gasteiger partial charge in [-0.3, -0.25) is 0 Å². The van der Waals surface area contributed by atoms with Crippen LogP contribution in [0.2, 0.25) is 0 Å². The fourth-order valence-electron chi connectivity index (χ4n) is 1.25. The van der Waals surface area contributed by atoms with Crippen LogP contribution in [0.4, 0.5) is 0 Å². The van der Waals surface area contributed by atoms with Crippen LogP contribution in [0.25, 0.3) is 0 Å². The van der Waals surface area contributed by atoms with Gasteiger partial charge in [-0.1, -0.05) is 5.16 Å². The van der Waals surface area contributed by atoms with E-state index in [2.05, 4.69) is 10.1 Å². The third-order valence-electron chi connectivity index (χ3n) is 2.04. The normalized spacial score (nSPS) is 11.4. The van der Waals surface area contributed by atoms with Gasteiger partial charge in [0.15, 0.2) is 6.61 Å². The quantitative estimate of drug-likeness (QED) is 0.799. The van der Waals surface area contributed by atoms with Crippen LogP contribution in [0.1, 0.15) is 11.7 Å². The summed E-state index contributed by atoms with van der Waals surface area (Å²) in [5, 5.41) is 3.66. The zero-order chi connectivity index (χ0) is 13.2. The summed E-state index contributed by atoms with van der Waals surface area (Å²) in [7, 11) is 1.48. The maximum Gasteiger partial charge on any atom is 0.261 e. The van der Waals surface area contributed by atoms with Gasteiger partial charge in [0.25, 0.3) is 9.05 Å². The maximum absolute atomic E-state index is 11.0. The Morgan fingerprint density at radius 2 is 2.00 bits per heavy atom. The molecule has 0 saturated heterocycles. The van der Waals surface area contributed by atoms with Gasteiger partial charge in [-0.25, -0.2) is 8.42 Å². The zero-order valence-electron chi connectivity index (χ0n) is 9.33. The minimum atomic E-state index is -3.71. The molecule has 96 valence electrons. The second-order valence-electron chi connectivity index (χ2n) is 3.43. The third-order valence-corrected chi connectivity index (χ3v) is 3.41. The lowest BCUT2D eigenvalue weighted by atomic mass is 10.3. The molecule has 2 aromatic rings. The summed E-state index contributed by atoms with van der Waals surface area (Å²) in [5.41, 5.74) is 0. The molecule has 0 aliphatic heterocycles. The Kier molecular flexibility index (Phi) is 3.53. The standard InChI is InChI=1S/C10H9ClN2O4S/c1-7-12-10(13-17-7)6-16-8-2-4-9(5-3-8)18(11,14)15/h2-5H,6H2,1H3. The monoisotopic (exact) mass is 288 g/mol. The van der Waals surface area contributed by atoms with Crippen molar-refractivity contribution >= 4 is 19.7 Å². The van der Waals surface area contributed by atoms with Gasteiger partial charge >= 0.3 is 0 Å². The van der Waals surface area contributed by atoms with Gasteiger partial charge in [0.05, 0.1) is 4.90 Å². The van der Waals surface area contributed by atoms with Crippen LogP contribution in [0.5, 0.6) is 5.75 Å². The Balaban J connectivity index is 2.03. The van der Waals surface area contributed by atoms with Crippen molar-refractivity contribution in [1.29, 1.82) is 0 Å². The number of aryl methyl sites for hydroxylation is 1. The van der Waals surface area contributed by atoms with Gasteiger partial charge in [-0.2, -0.15) is 4.98 Å². The molecule has 0 amide bonds. The smallest absolute Gasteiger partial charge is 0.261 e. The van der Waals surface area contributed by atoms with Gasteiger partial charge in [0, 0.05) is 17.6 Å². The molecule has 6 nitrogen and oxygen atoms in total. The molecule has 0 N–H and O–H groups in total. The first-order chi connectivity index (χ1) is 8.45. The van der Waals surface area contributed by atoms with Gasteiger partial charge in [-0.05, 0) is 24.3 Å². The van der Waals surface area contributed by atoms with Crippen molar-refractivity contribution in [2.45, 2.75) is 18.4 Å². The number of aromatic nitrogens is 2. The number of ether oxygens (including phenoxy) is 1. The molecule has 18 heavy (non-hydrogen) atoms. The van der Waals surface area contributed by atoms with Gasteiger partial charge in [-0.15, -0.1) is 0 Å². The first-order valence-corrected chi connectivity index (χ1v) is 7.23. The van der Waals surface area contributed by atoms with Crippen molar-refractivity contribution in [3.05, 3.63) is 36.0 Å². The highest BCUT2D eigenvalue weighted by Gasteiger charge is 2.09. The Bertz CT molecular complexity index is 636. The summed E-state index contributed by atoms with van der Waals surface area (Å²) in [6, 6.07) is 5.72. The van der Waals surface area contributed by atoms with E-state index >= 15 is 0 Å². The molecular weight excluding hydrogens is 280 g/mol. The highest BCUT2D eigenvalue weighted by molar-refractivity contribution is 8.13. The van der Waals surface area contributed by atoms with Crippen LogP contribution in [0.15, 0.2) is 33.7 Å². The van der Waals surface area contributed by atoms with E-state index in [1.54, 1.807) is 6.92 Å². The predicted octanol–water partition coefficient (Wildman–Crippen LogP) is 1.88. The van der Waals surface area contributed by atoms with Crippen molar-refractivity contribution in [2.24, 2.45) is 0 Å². The third kappa shape index (κ3) is 3.21. The molecule has 1 heterocycles. The maximum atomic E-state index is 11.0. The fraction of sp³-hybridized carbons (Fsp3) is 0.200. The highest BCUT2D eigenvalue weighted by Crippen LogP contribution is 2.19. The van der Waals surface area contributed by atoms with Crippen LogP contribution in [0, 0.1) is 6.92 Å². The molecule has 1 aromatic carbocycles. The number of hydrogen-bond donors (Lipinski definition) is 0. The van der Waals surface area contributed by atoms with E-state index in [9.17, 15) is 8.42 Å². The van der Waals surface area contributed by atoms with Crippen LogP contribution in [0.3, 0.4) is 0 Å². The SMILES string of the molecule is Cc1nc(COc2ccc(S(=O)(=O)Cl)cc2)no1. The molecule has 1 aromatic heterocycles. The average Bonchev–Trinajstić information content (AvgIpc) is 2.72. The summed E-state index contributed by atoms with van der Waals surface area (Å²) in [5.74, 6) is 1.36. The molecule has 0 atom stereocenters. The zero-order valence-corrected chi connectivity index (χ0v) is 10.9. The Morgan fingerprint density at radius 1 is 1.33 bits per heavy atom.